The second-order valence-electron chi connectivity index (χ2n) is 2.49. The summed E-state index contributed by atoms with van der Waals surface area (Å²) in [6, 6.07) is 0.450. The van der Waals surface area contributed by atoms with E-state index >= 15 is 0 Å². The second-order valence-corrected chi connectivity index (χ2v) is 2.49. The fourth-order valence-electron chi connectivity index (χ4n) is 1.25. The second kappa shape index (κ2) is 2.84. The molecule has 0 amide bonds. The van der Waals surface area contributed by atoms with E-state index in [1.54, 1.807) is 0 Å². The zero-order valence-corrected chi connectivity index (χ0v) is 6.35. The van der Waals surface area contributed by atoms with Crippen molar-refractivity contribution in [2.45, 2.75) is 13.0 Å². The third-order valence-corrected chi connectivity index (χ3v) is 1.90. The molecule has 1 N–H and O–H groups in total. The van der Waals surface area contributed by atoms with Gasteiger partial charge in [-0.3, -0.25) is 0 Å². The van der Waals surface area contributed by atoms with Gasteiger partial charge in [0.15, 0.2) is 0 Å². The molecule has 0 aliphatic carbocycles. The van der Waals surface area contributed by atoms with Crippen molar-refractivity contribution < 1.29 is 0 Å². The molecule has 0 saturated carbocycles. The van der Waals surface area contributed by atoms with Gasteiger partial charge in [-0.25, -0.2) is 0 Å². The largest absolute Gasteiger partial charge is 0.306 e. The fourth-order valence-corrected chi connectivity index (χ4v) is 1.25. The van der Waals surface area contributed by atoms with Gasteiger partial charge >= 0.3 is 0 Å². The maximum absolute atomic E-state index is 3.75. The van der Waals surface area contributed by atoms with Crippen LogP contribution in [0, 0.1) is 0 Å². The molecule has 0 saturated heterocycles. The van der Waals surface area contributed by atoms with E-state index in [-0.39, 0.29) is 0 Å². The third-order valence-electron chi connectivity index (χ3n) is 1.90. The maximum atomic E-state index is 3.75. The standard InChI is InChI=1S/C9H13N/c1-4-8-6-10-7(3)9(8)5-2/h4-5,7,10H,1-2,6H2,3H3. The first-order valence-electron chi connectivity index (χ1n) is 3.51. The lowest BCUT2D eigenvalue weighted by Gasteiger charge is -2.02. The molecule has 1 aliphatic rings. The first-order valence-corrected chi connectivity index (χ1v) is 3.51. The van der Waals surface area contributed by atoms with Crippen molar-refractivity contribution in [3.05, 3.63) is 36.5 Å². The van der Waals surface area contributed by atoms with Crippen molar-refractivity contribution in [3.8, 4) is 0 Å². The third kappa shape index (κ3) is 1.05. The number of hydrogen-bond acceptors (Lipinski definition) is 1. The van der Waals surface area contributed by atoms with E-state index in [2.05, 4.69) is 25.4 Å². The lowest BCUT2D eigenvalue weighted by molar-refractivity contribution is 0.709. The minimum Gasteiger partial charge on any atom is -0.306 e. The summed E-state index contributed by atoms with van der Waals surface area (Å²) in [5.74, 6) is 0. The Morgan fingerprint density at radius 3 is 2.60 bits per heavy atom. The van der Waals surface area contributed by atoms with Crippen LogP contribution in [0.1, 0.15) is 6.92 Å². The van der Waals surface area contributed by atoms with Crippen LogP contribution in [0.5, 0.6) is 0 Å². The van der Waals surface area contributed by atoms with E-state index in [0.29, 0.717) is 6.04 Å². The van der Waals surface area contributed by atoms with Crippen LogP contribution in [0.2, 0.25) is 0 Å². The Balaban J connectivity index is 2.91. The molecule has 1 heterocycles. The van der Waals surface area contributed by atoms with Gasteiger partial charge in [0.05, 0.1) is 0 Å². The molecule has 0 aromatic rings. The molecule has 0 aromatic heterocycles. The van der Waals surface area contributed by atoms with Crippen molar-refractivity contribution in [3.63, 3.8) is 0 Å². The molecular weight excluding hydrogens is 122 g/mol. The molecule has 1 nitrogen and oxygen atoms in total. The predicted octanol–water partition coefficient (Wildman–Crippen LogP) is 1.65. The van der Waals surface area contributed by atoms with Gasteiger partial charge in [-0.1, -0.05) is 25.3 Å². The van der Waals surface area contributed by atoms with Crippen LogP contribution in [-0.2, 0) is 0 Å². The predicted molar refractivity (Wildman–Crippen MR) is 44.9 cm³/mol. The average molecular weight is 135 g/mol. The zero-order valence-electron chi connectivity index (χ0n) is 6.35. The molecule has 1 unspecified atom stereocenters. The lowest BCUT2D eigenvalue weighted by atomic mass is 10.1. The highest BCUT2D eigenvalue weighted by atomic mass is 14.9. The monoisotopic (exact) mass is 135 g/mol. The molecule has 0 bridgehead atoms. The Morgan fingerprint density at radius 2 is 2.20 bits per heavy atom. The van der Waals surface area contributed by atoms with Crippen LogP contribution >= 0.6 is 0 Å². The molecule has 1 aliphatic heterocycles. The quantitative estimate of drug-likeness (QED) is 0.607. The van der Waals surface area contributed by atoms with Crippen molar-refractivity contribution in [1.82, 2.24) is 5.32 Å². The molecule has 0 radical (unpaired) electrons. The van der Waals surface area contributed by atoms with E-state index in [1.165, 1.54) is 11.1 Å². The number of hydrogen-bond donors (Lipinski definition) is 1. The number of rotatable bonds is 2. The maximum Gasteiger partial charge on any atom is 0.0297 e. The molecular formula is C9H13N. The van der Waals surface area contributed by atoms with Crippen LogP contribution in [0.25, 0.3) is 0 Å². The number of nitrogens with one attached hydrogen (secondary N) is 1. The molecule has 0 aromatic carbocycles. The van der Waals surface area contributed by atoms with Crippen molar-refractivity contribution >= 4 is 0 Å². The Kier molecular flexibility index (Phi) is 2.07. The van der Waals surface area contributed by atoms with E-state index in [9.17, 15) is 0 Å². The summed E-state index contributed by atoms with van der Waals surface area (Å²) < 4.78 is 0. The molecule has 1 rings (SSSR count). The molecule has 1 atom stereocenters. The van der Waals surface area contributed by atoms with E-state index in [1.807, 2.05) is 12.2 Å². The van der Waals surface area contributed by atoms with Gasteiger partial charge in [-0.15, -0.1) is 0 Å². The first-order chi connectivity index (χ1) is 4.79. The highest BCUT2D eigenvalue weighted by Gasteiger charge is 2.15. The van der Waals surface area contributed by atoms with Crippen LogP contribution in [0.4, 0.5) is 0 Å². The van der Waals surface area contributed by atoms with Crippen LogP contribution in [0.3, 0.4) is 0 Å². The summed E-state index contributed by atoms with van der Waals surface area (Å²) in [7, 11) is 0. The molecule has 10 heavy (non-hydrogen) atoms. The molecule has 0 spiro atoms. The van der Waals surface area contributed by atoms with Gasteiger partial charge in [-0.05, 0) is 18.1 Å². The Hall–Kier alpha value is -0.820. The van der Waals surface area contributed by atoms with Gasteiger partial charge < -0.3 is 5.32 Å². The van der Waals surface area contributed by atoms with Gasteiger partial charge in [0.25, 0.3) is 0 Å². The van der Waals surface area contributed by atoms with Crippen LogP contribution in [-0.4, -0.2) is 12.6 Å². The highest BCUT2D eigenvalue weighted by molar-refractivity contribution is 5.39. The SMILES string of the molecule is C=CC1=C(C=C)C(C)NC1. The van der Waals surface area contributed by atoms with E-state index in [4.69, 9.17) is 0 Å². The summed E-state index contributed by atoms with van der Waals surface area (Å²) in [6.45, 7) is 10.5. The summed E-state index contributed by atoms with van der Waals surface area (Å²) >= 11 is 0. The van der Waals surface area contributed by atoms with Crippen molar-refractivity contribution in [2.24, 2.45) is 0 Å². The fraction of sp³-hybridized carbons (Fsp3) is 0.333. The Bertz CT molecular complexity index is 189. The van der Waals surface area contributed by atoms with Gasteiger partial charge in [-0.2, -0.15) is 0 Å². The van der Waals surface area contributed by atoms with Crippen molar-refractivity contribution in [1.29, 1.82) is 0 Å². The molecule has 0 fully saturated rings. The minimum absolute atomic E-state index is 0.450. The minimum atomic E-state index is 0.450. The van der Waals surface area contributed by atoms with Crippen LogP contribution in [0.15, 0.2) is 36.5 Å². The first kappa shape index (κ1) is 7.29. The van der Waals surface area contributed by atoms with E-state index in [0.717, 1.165) is 6.54 Å². The smallest absolute Gasteiger partial charge is 0.0297 e. The van der Waals surface area contributed by atoms with Gasteiger partial charge in [0, 0.05) is 12.6 Å². The van der Waals surface area contributed by atoms with Gasteiger partial charge in [0.2, 0.25) is 0 Å². The Labute approximate surface area is 62.1 Å². The summed E-state index contributed by atoms with van der Waals surface area (Å²) in [4.78, 5) is 0. The molecule has 54 valence electrons. The average Bonchev–Trinajstić information content (AvgIpc) is 2.30. The zero-order chi connectivity index (χ0) is 7.56. The van der Waals surface area contributed by atoms with Crippen molar-refractivity contribution in [2.75, 3.05) is 6.54 Å². The van der Waals surface area contributed by atoms with Crippen LogP contribution < -0.4 is 5.32 Å². The summed E-state index contributed by atoms with van der Waals surface area (Å²) in [6.07, 6.45) is 3.80. The normalized spacial score (nSPS) is 25.1. The highest BCUT2D eigenvalue weighted by Crippen LogP contribution is 2.16. The molecule has 1 heteroatoms. The van der Waals surface area contributed by atoms with E-state index < -0.39 is 0 Å². The van der Waals surface area contributed by atoms with Gasteiger partial charge in [0.1, 0.15) is 0 Å². The topological polar surface area (TPSA) is 12.0 Å². The lowest BCUT2D eigenvalue weighted by Crippen LogP contribution is -2.20. The summed E-state index contributed by atoms with van der Waals surface area (Å²) in [5, 5.41) is 3.30. The summed E-state index contributed by atoms with van der Waals surface area (Å²) in [5.41, 5.74) is 2.57. The Morgan fingerprint density at radius 1 is 1.50 bits per heavy atom.